The molecule has 3 rings (SSSR count). The van der Waals surface area contributed by atoms with Gasteiger partial charge in [0.05, 0.1) is 12.3 Å². The first-order chi connectivity index (χ1) is 13.1. The molecule has 1 fully saturated rings. The second-order valence-electron chi connectivity index (χ2n) is 7.25. The molecule has 1 saturated heterocycles. The zero-order chi connectivity index (χ0) is 19.1. The van der Waals surface area contributed by atoms with Gasteiger partial charge < -0.3 is 20.3 Å². The number of anilines is 2. The molecule has 2 heterocycles. The molecule has 0 unspecified atom stereocenters. The maximum absolute atomic E-state index is 12.4. The Morgan fingerprint density at radius 1 is 1.19 bits per heavy atom. The number of nitrogens with one attached hydrogen (secondary N) is 2. The van der Waals surface area contributed by atoms with Gasteiger partial charge in [0.15, 0.2) is 0 Å². The van der Waals surface area contributed by atoms with Crippen LogP contribution in [-0.2, 0) is 0 Å². The van der Waals surface area contributed by atoms with Gasteiger partial charge in [-0.05, 0) is 43.0 Å². The standard InChI is InChI=1S/C21H28N4O2/c1-16(2)15-27-19-8-4-3-7-18(19)24-21(26)23-17-10-13-25(14-11-17)20-9-5-6-12-22-20/h3-9,12,16-17H,10-11,13-15H2,1-2H3,(H2,23,24,26). The third kappa shape index (κ3) is 5.61. The number of carbonyl (C=O) groups is 1. The molecule has 6 nitrogen and oxygen atoms in total. The van der Waals surface area contributed by atoms with Crippen LogP contribution < -0.4 is 20.3 Å². The predicted octanol–water partition coefficient (Wildman–Crippen LogP) is 3.91. The van der Waals surface area contributed by atoms with Crippen LogP contribution in [0.3, 0.4) is 0 Å². The summed E-state index contributed by atoms with van der Waals surface area (Å²) < 4.78 is 5.80. The molecule has 2 amide bonds. The Hall–Kier alpha value is -2.76. The highest BCUT2D eigenvalue weighted by Crippen LogP contribution is 2.24. The van der Waals surface area contributed by atoms with Crippen molar-refractivity contribution in [2.45, 2.75) is 32.7 Å². The van der Waals surface area contributed by atoms with E-state index in [-0.39, 0.29) is 12.1 Å². The summed E-state index contributed by atoms with van der Waals surface area (Å²) in [5.74, 6) is 2.12. The van der Waals surface area contributed by atoms with Crippen molar-refractivity contribution in [3.8, 4) is 5.75 Å². The molecular formula is C21H28N4O2. The molecule has 1 aliphatic heterocycles. The van der Waals surface area contributed by atoms with E-state index in [9.17, 15) is 4.79 Å². The highest BCUT2D eigenvalue weighted by Gasteiger charge is 2.21. The molecule has 0 radical (unpaired) electrons. The number of para-hydroxylation sites is 2. The van der Waals surface area contributed by atoms with Crippen LogP contribution in [0.4, 0.5) is 16.3 Å². The van der Waals surface area contributed by atoms with E-state index in [0.29, 0.717) is 24.0 Å². The van der Waals surface area contributed by atoms with Crippen molar-refractivity contribution in [2.75, 3.05) is 29.9 Å². The van der Waals surface area contributed by atoms with Gasteiger partial charge in [-0.15, -0.1) is 0 Å². The number of benzene rings is 1. The first-order valence-electron chi connectivity index (χ1n) is 9.57. The molecule has 0 atom stereocenters. The number of amides is 2. The van der Waals surface area contributed by atoms with Crippen LogP contribution in [0.2, 0.25) is 0 Å². The minimum absolute atomic E-state index is 0.161. The van der Waals surface area contributed by atoms with Gasteiger partial charge in [0.2, 0.25) is 0 Å². The van der Waals surface area contributed by atoms with Gasteiger partial charge in [-0.25, -0.2) is 9.78 Å². The van der Waals surface area contributed by atoms with Gasteiger partial charge >= 0.3 is 6.03 Å². The van der Waals surface area contributed by atoms with Gasteiger partial charge in [-0.1, -0.05) is 32.0 Å². The molecule has 0 aliphatic carbocycles. The lowest BCUT2D eigenvalue weighted by Crippen LogP contribution is -2.46. The fraction of sp³-hybridized carbons (Fsp3) is 0.429. The molecule has 0 spiro atoms. The van der Waals surface area contributed by atoms with Crippen LogP contribution in [0, 0.1) is 5.92 Å². The lowest BCUT2D eigenvalue weighted by atomic mass is 10.1. The van der Waals surface area contributed by atoms with Gasteiger partial charge in [-0.2, -0.15) is 0 Å². The van der Waals surface area contributed by atoms with E-state index in [2.05, 4.69) is 34.4 Å². The summed E-state index contributed by atoms with van der Waals surface area (Å²) in [5.41, 5.74) is 0.696. The second kappa shape index (κ2) is 9.26. The average molecular weight is 368 g/mol. The Morgan fingerprint density at radius 3 is 2.63 bits per heavy atom. The van der Waals surface area contributed by atoms with E-state index in [4.69, 9.17) is 4.74 Å². The van der Waals surface area contributed by atoms with Crippen molar-refractivity contribution >= 4 is 17.5 Å². The fourth-order valence-corrected chi connectivity index (χ4v) is 3.09. The van der Waals surface area contributed by atoms with Crippen LogP contribution >= 0.6 is 0 Å². The van der Waals surface area contributed by atoms with Crippen LogP contribution in [0.1, 0.15) is 26.7 Å². The first kappa shape index (κ1) is 19.0. The average Bonchev–Trinajstić information content (AvgIpc) is 2.68. The fourth-order valence-electron chi connectivity index (χ4n) is 3.09. The van der Waals surface area contributed by atoms with Crippen LogP contribution in [0.5, 0.6) is 5.75 Å². The molecule has 6 heteroatoms. The van der Waals surface area contributed by atoms with Crippen molar-refractivity contribution in [3.05, 3.63) is 48.7 Å². The molecule has 1 aliphatic rings. The normalized spacial score (nSPS) is 14.9. The van der Waals surface area contributed by atoms with E-state index in [0.717, 1.165) is 31.7 Å². The third-order valence-electron chi connectivity index (χ3n) is 4.51. The Balaban J connectivity index is 1.49. The minimum atomic E-state index is -0.188. The molecule has 144 valence electrons. The number of hydrogen-bond acceptors (Lipinski definition) is 4. The largest absolute Gasteiger partial charge is 0.491 e. The SMILES string of the molecule is CC(C)COc1ccccc1NC(=O)NC1CCN(c2ccccn2)CC1. The first-order valence-corrected chi connectivity index (χ1v) is 9.57. The quantitative estimate of drug-likeness (QED) is 0.811. The zero-order valence-corrected chi connectivity index (χ0v) is 16.0. The molecule has 0 saturated carbocycles. The summed E-state index contributed by atoms with van der Waals surface area (Å²) in [6, 6.07) is 13.5. The summed E-state index contributed by atoms with van der Waals surface area (Å²) >= 11 is 0. The Bertz CT molecular complexity index is 728. The summed E-state index contributed by atoms with van der Waals surface area (Å²) in [6.07, 6.45) is 3.61. The lowest BCUT2D eigenvalue weighted by Gasteiger charge is -2.33. The van der Waals surface area contributed by atoms with Crippen molar-refractivity contribution in [1.82, 2.24) is 10.3 Å². The molecule has 1 aromatic carbocycles. The number of urea groups is 1. The van der Waals surface area contributed by atoms with Crippen molar-refractivity contribution < 1.29 is 9.53 Å². The number of rotatable bonds is 6. The maximum Gasteiger partial charge on any atom is 0.319 e. The van der Waals surface area contributed by atoms with Gasteiger partial charge in [0.1, 0.15) is 11.6 Å². The molecule has 0 bridgehead atoms. The van der Waals surface area contributed by atoms with Crippen LogP contribution in [0.25, 0.3) is 0 Å². The Morgan fingerprint density at radius 2 is 1.93 bits per heavy atom. The summed E-state index contributed by atoms with van der Waals surface area (Å²) in [6.45, 7) is 6.58. The number of piperidine rings is 1. The highest BCUT2D eigenvalue weighted by atomic mass is 16.5. The molecule has 27 heavy (non-hydrogen) atoms. The van der Waals surface area contributed by atoms with E-state index >= 15 is 0 Å². The van der Waals surface area contributed by atoms with Crippen molar-refractivity contribution in [1.29, 1.82) is 0 Å². The summed E-state index contributed by atoms with van der Waals surface area (Å²) in [5, 5.41) is 6.00. The smallest absolute Gasteiger partial charge is 0.319 e. The monoisotopic (exact) mass is 368 g/mol. The molecule has 1 aromatic heterocycles. The number of ether oxygens (including phenoxy) is 1. The van der Waals surface area contributed by atoms with E-state index in [1.165, 1.54) is 0 Å². The third-order valence-corrected chi connectivity index (χ3v) is 4.51. The van der Waals surface area contributed by atoms with E-state index < -0.39 is 0 Å². The lowest BCUT2D eigenvalue weighted by molar-refractivity contribution is 0.245. The molecule has 2 N–H and O–H groups in total. The number of nitrogens with zero attached hydrogens (tertiary/aromatic N) is 2. The number of aromatic nitrogens is 1. The van der Waals surface area contributed by atoms with Crippen LogP contribution in [0.15, 0.2) is 48.7 Å². The Kier molecular flexibility index (Phi) is 6.52. The van der Waals surface area contributed by atoms with Crippen molar-refractivity contribution in [2.24, 2.45) is 5.92 Å². The van der Waals surface area contributed by atoms with Gasteiger partial charge in [0.25, 0.3) is 0 Å². The van der Waals surface area contributed by atoms with E-state index in [1.54, 1.807) is 0 Å². The Labute approximate surface area is 160 Å². The minimum Gasteiger partial charge on any atom is -0.491 e. The van der Waals surface area contributed by atoms with Crippen molar-refractivity contribution in [3.63, 3.8) is 0 Å². The number of carbonyl (C=O) groups excluding carboxylic acids is 1. The predicted molar refractivity (Wildman–Crippen MR) is 108 cm³/mol. The second-order valence-corrected chi connectivity index (χ2v) is 7.25. The molecule has 2 aromatic rings. The van der Waals surface area contributed by atoms with Crippen LogP contribution in [-0.4, -0.2) is 36.8 Å². The highest BCUT2D eigenvalue weighted by molar-refractivity contribution is 5.91. The van der Waals surface area contributed by atoms with Gasteiger partial charge in [0, 0.05) is 25.3 Å². The number of hydrogen-bond donors (Lipinski definition) is 2. The summed E-state index contributed by atoms with van der Waals surface area (Å²) in [4.78, 5) is 19.1. The topological polar surface area (TPSA) is 66.5 Å². The maximum atomic E-state index is 12.4. The number of pyridine rings is 1. The van der Waals surface area contributed by atoms with E-state index in [1.807, 2.05) is 48.7 Å². The zero-order valence-electron chi connectivity index (χ0n) is 16.0. The van der Waals surface area contributed by atoms with Gasteiger partial charge in [-0.3, -0.25) is 0 Å². The molecular weight excluding hydrogens is 340 g/mol. The summed E-state index contributed by atoms with van der Waals surface area (Å²) in [7, 11) is 0.